The number of hydrogen-bond donors (Lipinski definition) is 1. The molecule has 9 heteroatoms. The SMILES string of the molecule is c1ccc(-c2nc3c(Sc4nnc(-c5ccco5)o4)ncnc3[nH]2)cc1. The van der Waals surface area contributed by atoms with Crippen molar-refractivity contribution in [3.63, 3.8) is 0 Å². The Bertz CT molecular complexity index is 1170. The second-order valence-electron chi connectivity index (χ2n) is 5.28. The van der Waals surface area contributed by atoms with Crippen molar-refractivity contribution < 1.29 is 8.83 Å². The van der Waals surface area contributed by atoms with Gasteiger partial charge in [0.1, 0.15) is 22.7 Å². The van der Waals surface area contributed by atoms with Crippen LogP contribution in [-0.2, 0) is 0 Å². The largest absolute Gasteiger partial charge is 0.459 e. The summed E-state index contributed by atoms with van der Waals surface area (Å²) in [5.41, 5.74) is 2.26. The second-order valence-corrected chi connectivity index (χ2v) is 6.22. The molecule has 0 aliphatic rings. The van der Waals surface area contributed by atoms with E-state index < -0.39 is 0 Å². The number of H-pyrrole nitrogens is 1. The van der Waals surface area contributed by atoms with Gasteiger partial charge < -0.3 is 13.8 Å². The Hall–Kier alpha value is -3.46. The molecular weight excluding hydrogens is 352 g/mol. The minimum absolute atomic E-state index is 0.315. The van der Waals surface area contributed by atoms with E-state index in [0.29, 0.717) is 33.1 Å². The summed E-state index contributed by atoms with van der Waals surface area (Å²) in [6.07, 6.45) is 3.02. The van der Waals surface area contributed by atoms with Crippen molar-refractivity contribution in [3.8, 4) is 23.0 Å². The van der Waals surface area contributed by atoms with Gasteiger partial charge in [-0.15, -0.1) is 10.2 Å². The predicted molar refractivity (Wildman–Crippen MR) is 93.2 cm³/mol. The Morgan fingerprint density at radius 2 is 1.88 bits per heavy atom. The molecule has 0 unspecified atom stereocenters. The van der Waals surface area contributed by atoms with E-state index in [2.05, 4.69) is 30.1 Å². The maximum absolute atomic E-state index is 5.62. The molecule has 0 aliphatic heterocycles. The van der Waals surface area contributed by atoms with Crippen molar-refractivity contribution in [2.24, 2.45) is 0 Å². The summed E-state index contributed by atoms with van der Waals surface area (Å²) in [6.45, 7) is 0. The second kappa shape index (κ2) is 6.12. The highest BCUT2D eigenvalue weighted by Crippen LogP contribution is 2.32. The molecule has 0 saturated heterocycles. The Morgan fingerprint density at radius 1 is 0.962 bits per heavy atom. The number of nitrogens with one attached hydrogen (secondary N) is 1. The number of nitrogens with zero attached hydrogens (tertiary/aromatic N) is 5. The maximum atomic E-state index is 5.62. The van der Waals surface area contributed by atoms with Gasteiger partial charge in [-0.05, 0) is 23.9 Å². The molecule has 1 N–H and O–H groups in total. The van der Waals surface area contributed by atoms with Gasteiger partial charge in [0.2, 0.25) is 0 Å². The van der Waals surface area contributed by atoms with Crippen molar-refractivity contribution in [1.82, 2.24) is 30.1 Å². The summed E-state index contributed by atoms with van der Waals surface area (Å²) in [5.74, 6) is 1.56. The predicted octanol–water partition coefficient (Wildman–Crippen LogP) is 3.81. The highest BCUT2D eigenvalue weighted by Gasteiger charge is 2.17. The number of furan rings is 1. The van der Waals surface area contributed by atoms with Crippen LogP contribution in [0.2, 0.25) is 0 Å². The number of imidazole rings is 1. The highest BCUT2D eigenvalue weighted by atomic mass is 32.2. The molecule has 126 valence electrons. The van der Waals surface area contributed by atoms with Crippen molar-refractivity contribution in [3.05, 3.63) is 55.1 Å². The van der Waals surface area contributed by atoms with Gasteiger partial charge in [-0.25, -0.2) is 15.0 Å². The Kier molecular flexibility index (Phi) is 3.49. The van der Waals surface area contributed by atoms with Crippen molar-refractivity contribution in [2.45, 2.75) is 10.2 Å². The number of aromatic nitrogens is 6. The normalized spacial score (nSPS) is 11.2. The first-order chi connectivity index (χ1) is 12.9. The lowest BCUT2D eigenvalue weighted by atomic mass is 10.2. The molecule has 0 radical (unpaired) electrons. The van der Waals surface area contributed by atoms with Gasteiger partial charge in [-0.2, -0.15) is 0 Å². The molecule has 0 spiro atoms. The minimum atomic E-state index is 0.315. The van der Waals surface area contributed by atoms with E-state index in [-0.39, 0.29) is 0 Å². The van der Waals surface area contributed by atoms with Crippen LogP contribution in [0.1, 0.15) is 0 Å². The summed E-state index contributed by atoms with van der Waals surface area (Å²) in [7, 11) is 0. The fourth-order valence-corrected chi connectivity index (χ4v) is 3.15. The van der Waals surface area contributed by atoms with E-state index in [1.807, 2.05) is 30.3 Å². The molecular formula is C17H10N6O2S. The van der Waals surface area contributed by atoms with Crippen LogP contribution in [0.15, 0.2) is 74.1 Å². The number of hydrogen-bond acceptors (Lipinski definition) is 8. The van der Waals surface area contributed by atoms with E-state index in [0.717, 1.165) is 11.4 Å². The molecule has 4 aromatic heterocycles. The standard InChI is InChI=1S/C17H10N6O2S/c1-2-5-10(6-3-1)13-20-12-14(21-13)18-9-19-16(12)26-17-23-22-15(25-17)11-7-4-8-24-11/h1-9H,(H,18,19,20,21). The summed E-state index contributed by atoms with van der Waals surface area (Å²) in [5, 5.41) is 8.99. The first kappa shape index (κ1) is 14.8. The molecule has 0 atom stereocenters. The zero-order valence-electron chi connectivity index (χ0n) is 13.2. The topological polar surface area (TPSA) is 107 Å². The fraction of sp³-hybridized carbons (Fsp3) is 0. The van der Waals surface area contributed by atoms with E-state index in [1.165, 1.54) is 18.1 Å². The van der Waals surface area contributed by atoms with Gasteiger partial charge in [0.25, 0.3) is 11.1 Å². The molecule has 0 saturated carbocycles. The van der Waals surface area contributed by atoms with Crippen LogP contribution in [0.25, 0.3) is 34.2 Å². The van der Waals surface area contributed by atoms with Gasteiger partial charge in [0.15, 0.2) is 11.4 Å². The smallest absolute Gasteiger partial charge is 0.284 e. The average molecular weight is 362 g/mol. The first-order valence-electron chi connectivity index (χ1n) is 7.68. The summed E-state index contributed by atoms with van der Waals surface area (Å²) in [6, 6.07) is 13.3. The van der Waals surface area contributed by atoms with E-state index in [4.69, 9.17) is 8.83 Å². The molecule has 26 heavy (non-hydrogen) atoms. The number of aromatic amines is 1. The Balaban J connectivity index is 1.50. The zero-order chi connectivity index (χ0) is 17.3. The number of benzene rings is 1. The van der Waals surface area contributed by atoms with Crippen LogP contribution in [0.5, 0.6) is 0 Å². The third kappa shape index (κ3) is 2.64. The number of rotatable bonds is 4. The zero-order valence-corrected chi connectivity index (χ0v) is 14.0. The van der Waals surface area contributed by atoms with Crippen molar-refractivity contribution >= 4 is 22.9 Å². The minimum Gasteiger partial charge on any atom is -0.459 e. The van der Waals surface area contributed by atoms with E-state index >= 15 is 0 Å². The van der Waals surface area contributed by atoms with Gasteiger partial charge in [-0.3, -0.25) is 0 Å². The maximum Gasteiger partial charge on any atom is 0.284 e. The first-order valence-corrected chi connectivity index (χ1v) is 8.50. The molecule has 1 aromatic carbocycles. The van der Waals surface area contributed by atoms with E-state index in [9.17, 15) is 0 Å². The summed E-state index contributed by atoms with van der Waals surface area (Å²) in [4.78, 5) is 16.4. The van der Waals surface area contributed by atoms with Gasteiger partial charge >= 0.3 is 0 Å². The highest BCUT2D eigenvalue weighted by molar-refractivity contribution is 7.99. The quantitative estimate of drug-likeness (QED) is 0.481. The van der Waals surface area contributed by atoms with Crippen LogP contribution < -0.4 is 0 Å². The van der Waals surface area contributed by atoms with Crippen LogP contribution in [0.4, 0.5) is 0 Å². The lowest BCUT2D eigenvalue weighted by Gasteiger charge is -1.95. The van der Waals surface area contributed by atoms with Crippen LogP contribution >= 0.6 is 11.8 Å². The third-order valence-corrected chi connectivity index (χ3v) is 4.45. The van der Waals surface area contributed by atoms with Gasteiger partial charge in [0.05, 0.1) is 6.26 Å². The summed E-state index contributed by atoms with van der Waals surface area (Å²) < 4.78 is 10.9. The Morgan fingerprint density at radius 3 is 2.73 bits per heavy atom. The van der Waals surface area contributed by atoms with Crippen molar-refractivity contribution in [1.29, 1.82) is 0 Å². The van der Waals surface area contributed by atoms with Crippen LogP contribution in [0.3, 0.4) is 0 Å². The Labute approximate surface area is 150 Å². The molecule has 4 heterocycles. The molecule has 8 nitrogen and oxygen atoms in total. The molecule has 0 bridgehead atoms. The van der Waals surface area contributed by atoms with Gasteiger partial charge in [-0.1, -0.05) is 30.3 Å². The lowest BCUT2D eigenvalue weighted by Crippen LogP contribution is -1.85. The fourth-order valence-electron chi connectivity index (χ4n) is 2.45. The molecule has 5 rings (SSSR count). The van der Waals surface area contributed by atoms with E-state index in [1.54, 1.807) is 18.4 Å². The van der Waals surface area contributed by atoms with Crippen LogP contribution in [-0.4, -0.2) is 30.1 Å². The van der Waals surface area contributed by atoms with Crippen molar-refractivity contribution in [2.75, 3.05) is 0 Å². The lowest BCUT2D eigenvalue weighted by molar-refractivity contribution is 0.447. The monoisotopic (exact) mass is 362 g/mol. The van der Waals surface area contributed by atoms with Crippen LogP contribution in [0, 0.1) is 0 Å². The average Bonchev–Trinajstić information content (AvgIpc) is 3.42. The molecule has 5 aromatic rings. The third-order valence-electron chi connectivity index (χ3n) is 3.62. The number of fused-ring (bicyclic) bond motifs is 1. The molecule has 0 aliphatic carbocycles. The van der Waals surface area contributed by atoms with Gasteiger partial charge in [0, 0.05) is 5.56 Å². The molecule has 0 amide bonds. The molecule has 0 fully saturated rings. The summed E-state index contributed by atoms with van der Waals surface area (Å²) >= 11 is 1.23.